The van der Waals surface area contributed by atoms with E-state index in [4.69, 9.17) is 11.6 Å². The van der Waals surface area contributed by atoms with E-state index >= 15 is 0 Å². The van der Waals surface area contributed by atoms with E-state index in [0.717, 1.165) is 48.3 Å². The molecule has 1 atom stereocenters. The summed E-state index contributed by atoms with van der Waals surface area (Å²) in [5.74, 6) is 0.0153. The molecule has 0 saturated carbocycles. The van der Waals surface area contributed by atoms with Crippen molar-refractivity contribution in [3.05, 3.63) is 64.2 Å². The fourth-order valence-electron chi connectivity index (χ4n) is 3.58. The summed E-state index contributed by atoms with van der Waals surface area (Å²) in [6, 6.07) is 13.4. The van der Waals surface area contributed by atoms with Gasteiger partial charge in [-0.3, -0.25) is 9.69 Å². The summed E-state index contributed by atoms with van der Waals surface area (Å²) in [4.78, 5) is 15.5. The fraction of sp³-hybridized carbons (Fsp3) is 0.381. The van der Waals surface area contributed by atoms with Gasteiger partial charge in [-0.15, -0.1) is 0 Å². The fourth-order valence-corrected chi connectivity index (χ4v) is 3.78. The van der Waals surface area contributed by atoms with Gasteiger partial charge in [-0.05, 0) is 68.6 Å². The Bertz CT molecular complexity index is 733. The molecule has 0 radical (unpaired) electrons. The third-order valence-corrected chi connectivity index (χ3v) is 5.13. The van der Waals surface area contributed by atoms with Crippen LogP contribution in [0.15, 0.2) is 42.5 Å². The highest BCUT2D eigenvalue weighted by Crippen LogP contribution is 2.29. The lowest BCUT2D eigenvalue weighted by Gasteiger charge is -2.34. The van der Waals surface area contributed by atoms with Crippen LogP contribution < -0.4 is 5.32 Å². The summed E-state index contributed by atoms with van der Waals surface area (Å²) in [6.45, 7) is 5.94. The van der Waals surface area contributed by atoms with E-state index in [2.05, 4.69) is 10.2 Å². The van der Waals surface area contributed by atoms with E-state index in [1.807, 2.05) is 56.3 Å². The molecule has 2 aromatic rings. The summed E-state index contributed by atoms with van der Waals surface area (Å²) in [5.41, 5.74) is 4.03. The van der Waals surface area contributed by atoms with Crippen LogP contribution >= 0.6 is 11.6 Å². The van der Waals surface area contributed by atoms with Crippen LogP contribution in [0.25, 0.3) is 0 Å². The van der Waals surface area contributed by atoms with Crippen LogP contribution in [0.2, 0.25) is 5.02 Å². The standard InChI is InChI=1S/C21H25ClN2O/c1-15-8-6-9-16(2)19(15)23-21(25)20(24-12-4-3-5-13-24)17-10-7-11-18(22)14-17/h6-11,14,20H,3-5,12-13H2,1-2H3,(H,23,25). The second-order valence-electron chi connectivity index (χ2n) is 6.81. The van der Waals surface area contributed by atoms with E-state index in [1.54, 1.807) is 0 Å². The van der Waals surface area contributed by atoms with Crippen molar-refractivity contribution in [2.24, 2.45) is 0 Å². The summed E-state index contributed by atoms with van der Waals surface area (Å²) in [7, 11) is 0. The lowest BCUT2D eigenvalue weighted by molar-refractivity contribution is -0.122. The van der Waals surface area contributed by atoms with Gasteiger partial charge in [-0.25, -0.2) is 0 Å². The number of piperidine rings is 1. The highest BCUT2D eigenvalue weighted by atomic mass is 35.5. The summed E-state index contributed by atoms with van der Waals surface area (Å²) in [6.07, 6.45) is 3.50. The third-order valence-electron chi connectivity index (χ3n) is 4.90. The maximum absolute atomic E-state index is 13.2. The average molecular weight is 357 g/mol. The largest absolute Gasteiger partial charge is 0.324 e. The molecule has 2 aromatic carbocycles. The second-order valence-corrected chi connectivity index (χ2v) is 7.25. The Morgan fingerprint density at radius 2 is 1.68 bits per heavy atom. The number of nitrogens with one attached hydrogen (secondary N) is 1. The predicted octanol–water partition coefficient (Wildman–Crippen LogP) is 5.12. The predicted molar refractivity (Wildman–Crippen MR) is 104 cm³/mol. The minimum Gasteiger partial charge on any atom is -0.324 e. The molecule has 132 valence electrons. The first kappa shape index (κ1) is 18.0. The van der Waals surface area contributed by atoms with Crippen LogP contribution in [0.3, 0.4) is 0 Å². The van der Waals surface area contributed by atoms with Gasteiger partial charge in [0.05, 0.1) is 0 Å². The van der Waals surface area contributed by atoms with Crippen molar-refractivity contribution < 1.29 is 4.79 Å². The Hall–Kier alpha value is -1.84. The number of nitrogens with zero attached hydrogens (tertiary/aromatic N) is 1. The normalized spacial score (nSPS) is 16.4. The van der Waals surface area contributed by atoms with Gasteiger partial charge in [-0.1, -0.05) is 48.4 Å². The van der Waals surface area contributed by atoms with Crippen molar-refractivity contribution in [1.82, 2.24) is 4.90 Å². The molecule has 0 bridgehead atoms. The van der Waals surface area contributed by atoms with Crippen molar-refractivity contribution in [1.29, 1.82) is 0 Å². The summed E-state index contributed by atoms with van der Waals surface area (Å²) >= 11 is 6.19. The summed E-state index contributed by atoms with van der Waals surface area (Å²) < 4.78 is 0. The number of carbonyl (C=O) groups is 1. The molecule has 1 N–H and O–H groups in total. The van der Waals surface area contributed by atoms with Gasteiger partial charge in [0, 0.05) is 10.7 Å². The van der Waals surface area contributed by atoms with Crippen molar-refractivity contribution in [3.63, 3.8) is 0 Å². The molecule has 0 aliphatic carbocycles. The van der Waals surface area contributed by atoms with Crippen LogP contribution in [0.1, 0.15) is 42.0 Å². The number of aryl methyl sites for hydroxylation is 2. The van der Waals surface area contributed by atoms with E-state index < -0.39 is 0 Å². The van der Waals surface area contributed by atoms with Gasteiger partial charge in [0.25, 0.3) is 0 Å². The molecule has 25 heavy (non-hydrogen) atoms. The minimum absolute atomic E-state index is 0.0153. The molecule has 1 amide bonds. The number of hydrogen-bond acceptors (Lipinski definition) is 2. The first-order valence-corrected chi connectivity index (χ1v) is 9.30. The van der Waals surface area contributed by atoms with Gasteiger partial charge in [0.2, 0.25) is 5.91 Å². The Labute approximate surface area is 155 Å². The molecule has 1 fully saturated rings. The molecule has 1 saturated heterocycles. The maximum atomic E-state index is 13.2. The van der Waals surface area contributed by atoms with E-state index in [0.29, 0.717) is 5.02 Å². The minimum atomic E-state index is -0.307. The van der Waals surface area contributed by atoms with Gasteiger partial charge >= 0.3 is 0 Å². The first-order valence-electron chi connectivity index (χ1n) is 8.93. The third kappa shape index (κ3) is 4.23. The van der Waals surface area contributed by atoms with Crippen LogP contribution in [-0.2, 0) is 4.79 Å². The van der Waals surface area contributed by atoms with E-state index in [1.165, 1.54) is 6.42 Å². The zero-order valence-corrected chi connectivity index (χ0v) is 15.6. The van der Waals surface area contributed by atoms with Gasteiger partial charge in [-0.2, -0.15) is 0 Å². The Morgan fingerprint density at radius 3 is 2.32 bits per heavy atom. The molecule has 0 spiro atoms. The SMILES string of the molecule is Cc1cccc(C)c1NC(=O)C(c1cccc(Cl)c1)N1CCCCC1. The van der Waals surface area contributed by atoms with Crippen LogP contribution in [-0.4, -0.2) is 23.9 Å². The van der Waals surface area contributed by atoms with E-state index in [-0.39, 0.29) is 11.9 Å². The zero-order valence-electron chi connectivity index (χ0n) is 14.9. The lowest BCUT2D eigenvalue weighted by atomic mass is 10.00. The topological polar surface area (TPSA) is 32.3 Å². The number of para-hydroxylation sites is 1. The number of amides is 1. The Balaban J connectivity index is 1.92. The molecule has 3 rings (SSSR count). The average Bonchev–Trinajstić information content (AvgIpc) is 2.60. The number of rotatable bonds is 4. The van der Waals surface area contributed by atoms with Gasteiger partial charge in [0.15, 0.2) is 0 Å². The number of hydrogen-bond donors (Lipinski definition) is 1. The van der Waals surface area contributed by atoms with Crippen molar-refractivity contribution in [3.8, 4) is 0 Å². The Morgan fingerprint density at radius 1 is 1.04 bits per heavy atom. The van der Waals surface area contributed by atoms with Crippen LogP contribution in [0, 0.1) is 13.8 Å². The monoisotopic (exact) mass is 356 g/mol. The van der Waals surface area contributed by atoms with Gasteiger partial charge in [0.1, 0.15) is 6.04 Å². The molecule has 1 aliphatic rings. The van der Waals surface area contributed by atoms with Crippen LogP contribution in [0.5, 0.6) is 0 Å². The van der Waals surface area contributed by atoms with Crippen molar-refractivity contribution >= 4 is 23.2 Å². The molecule has 1 unspecified atom stereocenters. The highest BCUT2D eigenvalue weighted by molar-refractivity contribution is 6.30. The highest BCUT2D eigenvalue weighted by Gasteiger charge is 2.29. The molecule has 1 aliphatic heterocycles. The van der Waals surface area contributed by atoms with Crippen LogP contribution in [0.4, 0.5) is 5.69 Å². The molecule has 1 heterocycles. The second kappa shape index (κ2) is 8.03. The maximum Gasteiger partial charge on any atom is 0.246 e. The van der Waals surface area contributed by atoms with Gasteiger partial charge < -0.3 is 5.32 Å². The molecule has 4 heteroatoms. The number of carbonyl (C=O) groups excluding carboxylic acids is 1. The zero-order chi connectivity index (χ0) is 17.8. The molecular formula is C21H25ClN2O. The summed E-state index contributed by atoms with van der Waals surface area (Å²) in [5, 5.41) is 3.84. The van der Waals surface area contributed by atoms with Crippen molar-refractivity contribution in [2.75, 3.05) is 18.4 Å². The number of likely N-dealkylation sites (tertiary alicyclic amines) is 1. The number of anilines is 1. The first-order chi connectivity index (χ1) is 12.1. The smallest absolute Gasteiger partial charge is 0.246 e. The lowest BCUT2D eigenvalue weighted by Crippen LogP contribution is -2.40. The molecular weight excluding hydrogens is 332 g/mol. The molecule has 3 nitrogen and oxygen atoms in total. The Kier molecular flexibility index (Phi) is 5.77. The van der Waals surface area contributed by atoms with E-state index in [9.17, 15) is 4.79 Å². The number of benzene rings is 2. The van der Waals surface area contributed by atoms with Crippen molar-refractivity contribution in [2.45, 2.75) is 39.2 Å². The quantitative estimate of drug-likeness (QED) is 0.824. The number of halogens is 1. The molecule has 0 aromatic heterocycles.